The minimum absolute atomic E-state index is 0.0500. The molecule has 1 aromatic rings. The Morgan fingerprint density at radius 1 is 1.07 bits per heavy atom. The third-order valence-electron chi connectivity index (χ3n) is 6.29. The summed E-state index contributed by atoms with van der Waals surface area (Å²) in [6, 6.07) is 2.36. The van der Waals surface area contributed by atoms with E-state index in [1.807, 2.05) is 22.7 Å². The van der Waals surface area contributed by atoms with E-state index in [0.717, 1.165) is 57.4 Å². The molecule has 1 saturated carbocycles. The molecule has 0 aromatic carbocycles. The van der Waals surface area contributed by atoms with Gasteiger partial charge in [0.15, 0.2) is 0 Å². The van der Waals surface area contributed by atoms with Gasteiger partial charge in [-0.05, 0) is 38.2 Å². The van der Waals surface area contributed by atoms with Crippen molar-refractivity contribution in [2.45, 2.75) is 69.9 Å². The molecule has 27 heavy (non-hydrogen) atoms. The molecule has 4 rings (SSSR count). The molecule has 0 radical (unpaired) electrons. The van der Waals surface area contributed by atoms with Crippen LogP contribution in [0.3, 0.4) is 0 Å². The van der Waals surface area contributed by atoms with E-state index >= 15 is 0 Å². The SMILES string of the molecule is CN1CCCn2nc(C3CCCN(C(=O)NC4CCCCC4)C3)cc2C1=O. The van der Waals surface area contributed by atoms with E-state index in [9.17, 15) is 9.59 Å². The van der Waals surface area contributed by atoms with Gasteiger partial charge in [-0.25, -0.2) is 4.79 Å². The third kappa shape index (κ3) is 3.96. The molecular weight excluding hydrogens is 342 g/mol. The lowest BCUT2D eigenvalue weighted by atomic mass is 9.94. The highest BCUT2D eigenvalue weighted by atomic mass is 16.2. The van der Waals surface area contributed by atoms with Gasteiger partial charge >= 0.3 is 6.03 Å². The van der Waals surface area contributed by atoms with Crippen molar-refractivity contribution in [3.05, 3.63) is 17.5 Å². The van der Waals surface area contributed by atoms with Crippen molar-refractivity contribution in [3.63, 3.8) is 0 Å². The second-order valence-electron chi connectivity index (χ2n) is 8.33. The van der Waals surface area contributed by atoms with Crippen molar-refractivity contribution in [2.24, 2.45) is 0 Å². The fourth-order valence-electron chi connectivity index (χ4n) is 4.65. The predicted octanol–water partition coefficient (Wildman–Crippen LogP) is 2.58. The van der Waals surface area contributed by atoms with Crippen LogP contribution in [0.2, 0.25) is 0 Å². The number of carbonyl (C=O) groups is 2. The van der Waals surface area contributed by atoms with E-state index in [2.05, 4.69) is 5.32 Å². The zero-order valence-corrected chi connectivity index (χ0v) is 16.3. The van der Waals surface area contributed by atoms with Gasteiger partial charge < -0.3 is 15.1 Å². The fraction of sp³-hybridized carbons (Fsp3) is 0.750. The molecule has 3 amide bonds. The Morgan fingerprint density at radius 3 is 2.70 bits per heavy atom. The Kier molecular flexibility index (Phi) is 5.36. The molecule has 1 atom stereocenters. The van der Waals surface area contributed by atoms with Crippen molar-refractivity contribution in [1.29, 1.82) is 0 Å². The van der Waals surface area contributed by atoms with Gasteiger partial charge in [0.05, 0.1) is 5.69 Å². The molecule has 1 saturated heterocycles. The van der Waals surface area contributed by atoms with Crippen LogP contribution in [-0.2, 0) is 6.54 Å². The summed E-state index contributed by atoms with van der Waals surface area (Å²) in [5.74, 6) is 0.266. The monoisotopic (exact) mass is 373 g/mol. The van der Waals surface area contributed by atoms with E-state index < -0.39 is 0 Å². The normalized spacial score (nSPS) is 24.5. The average molecular weight is 374 g/mol. The van der Waals surface area contributed by atoms with Crippen molar-refractivity contribution in [3.8, 4) is 0 Å². The number of hydrogen-bond acceptors (Lipinski definition) is 3. The minimum atomic E-state index is 0.0500. The number of rotatable bonds is 2. The summed E-state index contributed by atoms with van der Waals surface area (Å²) in [7, 11) is 1.85. The number of amides is 3. The van der Waals surface area contributed by atoms with Crippen LogP contribution in [0.1, 0.15) is 73.5 Å². The van der Waals surface area contributed by atoms with Gasteiger partial charge in [-0.1, -0.05) is 19.3 Å². The molecular formula is C20H31N5O2. The van der Waals surface area contributed by atoms with Crippen molar-refractivity contribution < 1.29 is 9.59 Å². The Bertz CT molecular complexity index is 695. The highest BCUT2D eigenvalue weighted by Gasteiger charge is 2.30. The Balaban J connectivity index is 1.42. The van der Waals surface area contributed by atoms with E-state index in [-0.39, 0.29) is 17.9 Å². The van der Waals surface area contributed by atoms with Crippen LogP contribution in [0.5, 0.6) is 0 Å². The number of nitrogens with zero attached hydrogens (tertiary/aromatic N) is 4. The molecule has 2 fully saturated rings. The maximum absolute atomic E-state index is 12.7. The topological polar surface area (TPSA) is 70.5 Å². The first-order chi connectivity index (χ1) is 13.1. The van der Waals surface area contributed by atoms with Crippen LogP contribution in [0.25, 0.3) is 0 Å². The maximum atomic E-state index is 12.7. The number of carbonyl (C=O) groups excluding carboxylic acids is 2. The number of likely N-dealkylation sites (tertiary alicyclic amines) is 1. The first-order valence-corrected chi connectivity index (χ1v) is 10.5. The van der Waals surface area contributed by atoms with Crippen LogP contribution in [0.15, 0.2) is 6.07 Å². The second-order valence-corrected chi connectivity index (χ2v) is 8.33. The van der Waals surface area contributed by atoms with Gasteiger partial charge in [-0.2, -0.15) is 5.10 Å². The summed E-state index contributed by atoms with van der Waals surface area (Å²) in [6.07, 6.45) is 8.87. The second kappa shape index (κ2) is 7.90. The van der Waals surface area contributed by atoms with Gasteiger partial charge in [0.2, 0.25) is 0 Å². The van der Waals surface area contributed by atoms with Crippen molar-refractivity contribution in [1.82, 2.24) is 24.9 Å². The summed E-state index contributed by atoms with van der Waals surface area (Å²) in [5, 5.41) is 7.97. The van der Waals surface area contributed by atoms with E-state index in [0.29, 0.717) is 18.3 Å². The zero-order valence-electron chi connectivity index (χ0n) is 16.3. The Hall–Kier alpha value is -2.05. The average Bonchev–Trinajstić information content (AvgIpc) is 3.07. The van der Waals surface area contributed by atoms with Crippen LogP contribution in [-0.4, -0.2) is 64.2 Å². The summed E-state index contributed by atoms with van der Waals surface area (Å²) in [4.78, 5) is 28.9. The molecule has 148 valence electrons. The number of urea groups is 1. The van der Waals surface area contributed by atoms with Crippen LogP contribution < -0.4 is 5.32 Å². The molecule has 3 aliphatic rings. The van der Waals surface area contributed by atoms with Gasteiger partial charge in [-0.15, -0.1) is 0 Å². The summed E-state index contributed by atoms with van der Waals surface area (Å²) in [5.41, 5.74) is 1.65. The number of piperidine rings is 1. The number of aryl methyl sites for hydroxylation is 1. The summed E-state index contributed by atoms with van der Waals surface area (Å²) in [6.45, 7) is 3.06. The van der Waals surface area contributed by atoms with Gasteiger partial charge in [0, 0.05) is 45.2 Å². The van der Waals surface area contributed by atoms with Crippen LogP contribution in [0, 0.1) is 0 Å². The molecule has 1 aliphatic carbocycles. The fourth-order valence-corrected chi connectivity index (χ4v) is 4.65. The molecule has 3 heterocycles. The number of hydrogen-bond donors (Lipinski definition) is 1. The maximum Gasteiger partial charge on any atom is 0.317 e. The van der Waals surface area contributed by atoms with Crippen molar-refractivity contribution in [2.75, 3.05) is 26.7 Å². The van der Waals surface area contributed by atoms with Crippen LogP contribution >= 0.6 is 0 Å². The van der Waals surface area contributed by atoms with Gasteiger partial charge in [0.25, 0.3) is 5.91 Å². The third-order valence-corrected chi connectivity index (χ3v) is 6.29. The number of aromatic nitrogens is 2. The van der Waals surface area contributed by atoms with Crippen LogP contribution in [0.4, 0.5) is 4.79 Å². The lowest BCUT2D eigenvalue weighted by molar-refractivity contribution is 0.0796. The van der Waals surface area contributed by atoms with E-state index in [1.165, 1.54) is 19.3 Å². The molecule has 7 heteroatoms. The molecule has 2 aliphatic heterocycles. The predicted molar refractivity (Wildman–Crippen MR) is 103 cm³/mol. The highest BCUT2D eigenvalue weighted by molar-refractivity contribution is 5.92. The molecule has 0 spiro atoms. The molecule has 1 unspecified atom stereocenters. The number of nitrogens with one attached hydrogen (secondary N) is 1. The summed E-state index contributed by atoms with van der Waals surface area (Å²) < 4.78 is 1.86. The molecule has 1 N–H and O–H groups in total. The Labute approximate surface area is 161 Å². The number of fused-ring (bicyclic) bond motifs is 1. The smallest absolute Gasteiger partial charge is 0.317 e. The van der Waals surface area contributed by atoms with Crippen molar-refractivity contribution >= 4 is 11.9 Å². The van der Waals surface area contributed by atoms with E-state index in [4.69, 9.17) is 5.10 Å². The van der Waals surface area contributed by atoms with E-state index in [1.54, 1.807) is 4.90 Å². The molecule has 0 bridgehead atoms. The minimum Gasteiger partial charge on any atom is -0.340 e. The lowest BCUT2D eigenvalue weighted by Gasteiger charge is -2.34. The summed E-state index contributed by atoms with van der Waals surface area (Å²) >= 11 is 0. The first kappa shape index (κ1) is 18.3. The highest BCUT2D eigenvalue weighted by Crippen LogP contribution is 2.28. The molecule has 1 aromatic heterocycles. The largest absolute Gasteiger partial charge is 0.340 e. The zero-order chi connectivity index (χ0) is 18.8. The lowest BCUT2D eigenvalue weighted by Crippen LogP contribution is -2.48. The van der Waals surface area contributed by atoms with Gasteiger partial charge in [-0.3, -0.25) is 9.48 Å². The van der Waals surface area contributed by atoms with Gasteiger partial charge in [0.1, 0.15) is 5.69 Å². The molecule has 7 nitrogen and oxygen atoms in total. The Morgan fingerprint density at radius 2 is 1.89 bits per heavy atom. The quantitative estimate of drug-likeness (QED) is 0.866. The standard InChI is InChI=1S/C20H31N5O2/c1-23-10-6-12-25-18(19(23)26)13-17(22-25)15-7-5-11-24(14-15)20(27)21-16-8-3-2-4-9-16/h13,15-16H,2-12,14H2,1H3,(H,21,27). The first-order valence-electron chi connectivity index (χ1n) is 10.5.